The number of amidine groups is 1. The van der Waals surface area contributed by atoms with Gasteiger partial charge in [0.15, 0.2) is 0 Å². The van der Waals surface area contributed by atoms with Gasteiger partial charge in [-0.05, 0) is 48.4 Å². The van der Waals surface area contributed by atoms with Gasteiger partial charge in [-0.15, -0.1) is 0 Å². The summed E-state index contributed by atoms with van der Waals surface area (Å²) in [5.41, 5.74) is 7.37. The number of carboxylic acid groups (broad SMARTS) is 1. The Balaban J connectivity index is 1.76. The molecular weight excluding hydrogens is 351 g/mol. The number of aliphatic carboxylic acids is 1. The van der Waals surface area contributed by atoms with E-state index in [1.807, 2.05) is 0 Å². The van der Waals surface area contributed by atoms with Gasteiger partial charge in [0.2, 0.25) is 0 Å². The van der Waals surface area contributed by atoms with Crippen molar-refractivity contribution in [2.75, 3.05) is 22.9 Å². The van der Waals surface area contributed by atoms with Crippen LogP contribution >= 0.6 is 0 Å². The number of halogens is 1. The van der Waals surface area contributed by atoms with Gasteiger partial charge in [-0.25, -0.2) is 9.18 Å². The van der Waals surface area contributed by atoms with Gasteiger partial charge in [-0.3, -0.25) is 20.0 Å². The van der Waals surface area contributed by atoms with Crippen molar-refractivity contribution in [2.24, 2.45) is 5.73 Å². The maximum Gasteiger partial charge on any atom is 0.329 e. The first-order chi connectivity index (χ1) is 12.9. The molecule has 1 fully saturated rings. The smallest absolute Gasteiger partial charge is 0.329 e. The first kappa shape index (κ1) is 18.4. The molecule has 1 aliphatic rings. The Labute approximate surface area is 155 Å². The second-order valence-corrected chi connectivity index (χ2v) is 6.23. The fraction of sp³-hybridized carbons (Fsp3) is 0.211. The van der Waals surface area contributed by atoms with Crippen molar-refractivity contribution in [1.29, 1.82) is 5.41 Å². The minimum Gasteiger partial charge on any atom is -0.481 e. The summed E-state index contributed by atoms with van der Waals surface area (Å²) in [5, 5.41) is 16.1. The normalized spacial score (nSPS) is 13.9. The van der Waals surface area contributed by atoms with Crippen LogP contribution in [0.15, 0.2) is 42.5 Å². The number of hydrogen-bond donors (Lipinski definition) is 3. The van der Waals surface area contributed by atoms with Gasteiger partial charge in [-0.2, -0.15) is 0 Å². The molecule has 27 heavy (non-hydrogen) atoms. The summed E-state index contributed by atoms with van der Waals surface area (Å²) < 4.78 is 14.5. The van der Waals surface area contributed by atoms with Gasteiger partial charge in [0.1, 0.15) is 11.7 Å². The number of anilines is 2. The van der Waals surface area contributed by atoms with Crippen LogP contribution in [-0.4, -0.2) is 36.0 Å². The predicted molar refractivity (Wildman–Crippen MR) is 99.9 cm³/mol. The maximum atomic E-state index is 14.5. The summed E-state index contributed by atoms with van der Waals surface area (Å²) in [6, 6.07) is 10.8. The lowest BCUT2D eigenvalue weighted by Crippen LogP contribution is -2.32. The topological polar surface area (TPSA) is 111 Å². The van der Waals surface area contributed by atoms with E-state index in [1.54, 1.807) is 30.3 Å². The summed E-state index contributed by atoms with van der Waals surface area (Å²) in [6.45, 7) is 0.733. The van der Waals surface area contributed by atoms with Crippen molar-refractivity contribution in [3.8, 4) is 0 Å². The zero-order chi connectivity index (χ0) is 19.6. The molecule has 3 rings (SSSR count). The number of nitrogens with two attached hydrogens (primary N) is 1. The zero-order valence-corrected chi connectivity index (χ0v) is 14.5. The fourth-order valence-corrected chi connectivity index (χ4v) is 3.00. The quantitative estimate of drug-likeness (QED) is 0.536. The standard InChI is InChI=1S/C19H19FN4O3/c20-15-11-12(2-8-17(25)26)1-7-16(15)24-10-9-23(19(24)27)14-5-3-13(4-6-14)18(21)22/h1,3-7,11H,2,8-10H2,(H3,21,22)(H,25,26). The van der Waals surface area contributed by atoms with Crippen LogP contribution in [0.25, 0.3) is 0 Å². The lowest BCUT2D eigenvalue weighted by atomic mass is 10.1. The van der Waals surface area contributed by atoms with E-state index < -0.39 is 11.8 Å². The van der Waals surface area contributed by atoms with E-state index in [0.29, 0.717) is 29.9 Å². The minimum absolute atomic E-state index is 0.0546. The number of nitrogens with one attached hydrogen (secondary N) is 1. The van der Waals surface area contributed by atoms with Crippen molar-refractivity contribution < 1.29 is 19.1 Å². The van der Waals surface area contributed by atoms with Crippen molar-refractivity contribution in [3.05, 3.63) is 59.4 Å². The van der Waals surface area contributed by atoms with E-state index in [4.69, 9.17) is 16.2 Å². The number of amides is 2. The SMILES string of the molecule is N=C(N)c1ccc(N2CCN(c3ccc(CCC(=O)O)cc3F)C2=O)cc1. The number of urea groups is 1. The van der Waals surface area contributed by atoms with E-state index in [2.05, 4.69) is 0 Å². The second kappa shape index (κ2) is 7.45. The van der Waals surface area contributed by atoms with Crippen LogP contribution in [0.3, 0.4) is 0 Å². The van der Waals surface area contributed by atoms with Crippen LogP contribution in [-0.2, 0) is 11.2 Å². The van der Waals surface area contributed by atoms with E-state index in [1.165, 1.54) is 21.9 Å². The zero-order valence-electron chi connectivity index (χ0n) is 14.5. The molecule has 2 aromatic rings. The van der Waals surface area contributed by atoms with E-state index in [9.17, 15) is 14.0 Å². The molecule has 1 saturated heterocycles. The summed E-state index contributed by atoms with van der Waals surface area (Å²) in [7, 11) is 0. The minimum atomic E-state index is -0.944. The number of aryl methyl sites for hydroxylation is 1. The van der Waals surface area contributed by atoms with Crippen LogP contribution in [0.5, 0.6) is 0 Å². The molecule has 1 heterocycles. The molecule has 0 atom stereocenters. The molecule has 0 radical (unpaired) electrons. The van der Waals surface area contributed by atoms with Crippen molar-refractivity contribution in [1.82, 2.24) is 0 Å². The Morgan fingerprint density at radius 3 is 2.41 bits per heavy atom. The molecule has 2 aromatic carbocycles. The summed E-state index contributed by atoms with van der Waals surface area (Å²) in [5.74, 6) is -1.55. The van der Waals surface area contributed by atoms with Crippen LogP contribution in [0.1, 0.15) is 17.5 Å². The van der Waals surface area contributed by atoms with Gasteiger partial charge >= 0.3 is 12.0 Å². The third-order valence-electron chi connectivity index (χ3n) is 4.43. The maximum absolute atomic E-state index is 14.5. The third-order valence-corrected chi connectivity index (χ3v) is 4.43. The lowest BCUT2D eigenvalue weighted by molar-refractivity contribution is -0.136. The monoisotopic (exact) mass is 370 g/mol. The number of carboxylic acids is 1. The first-order valence-corrected chi connectivity index (χ1v) is 8.40. The molecular formula is C19H19FN4O3. The fourth-order valence-electron chi connectivity index (χ4n) is 3.00. The summed E-state index contributed by atoms with van der Waals surface area (Å²) in [4.78, 5) is 26.2. The number of carbonyl (C=O) groups excluding carboxylic acids is 1. The molecule has 2 amide bonds. The van der Waals surface area contributed by atoms with Gasteiger partial charge < -0.3 is 10.8 Å². The average molecular weight is 370 g/mol. The number of nitrogen functional groups attached to an aromatic ring is 1. The number of rotatable bonds is 6. The predicted octanol–water partition coefficient (Wildman–Crippen LogP) is 2.57. The van der Waals surface area contributed by atoms with E-state index in [0.717, 1.165) is 0 Å². The molecule has 4 N–H and O–H groups in total. The number of hydrogen-bond acceptors (Lipinski definition) is 3. The highest BCUT2D eigenvalue weighted by Gasteiger charge is 2.32. The van der Waals surface area contributed by atoms with Crippen molar-refractivity contribution in [2.45, 2.75) is 12.8 Å². The Bertz CT molecular complexity index is 898. The molecule has 1 aliphatic heterocycles. The third kappa shape index (κ3) is 3.89. The number of carbonyl (C=O) groups is 2. The van der Waals surface area contributed by atoms with Crippen LogP contribution in [0.2, 0.25) is 0 Å². The van der Waals surface area contributed by atoms with Crippen molar-refractivity contribution in [3.63, 3.8) is 0 Å². The number of nitrogens with zero attached hydrogens (tertiary/aromatic N) is 2. The number of benzene rings is 2. The van der Waals surface area contributed by atoms with Crippen LogP contribution in [0, 0.1) is 11.2 Å². The molecule has 0 saturated carbocycles. The molecule has 7 nitrogen and oxygen atoms in total. The van der Waals surface area contributed by atoms with Crippen LogP contribution in [0.4, 0.5) is 20.6 Å². The second-order valence-electron chi connectivity index (χ2n) is 6.23. The highest BCUT2D eigenvalue weighted by atomic mass is 19.1. The largest absolute Gasteiger partial charge is 0.481 e. The molecule has 0 bridgehead atoms. The van der Waals surface area contributed by atoms with Gasteiger partial charge in [-0.1, -0.05) is 6.07 Å². The Hall–Kier alpha value is -3.42. The Morgan fingerprint density at radius 1 is 1.15 bits per heavy atom. The van der Waals surface area contributed by atoms with Gasteiger partial charge in [0, 0.05) is 30.8 Å². The summed E-state index contributed by atoms with van der Waals surface area (Å²) in [6.07, 6.45) is 0.153. The van der Waals surface area contributed by atoms with E-state index in [-0.39, 0.29) is 30.4 Å². The van der Waals surface area contributed by atoms with Crippen LogP contribution < -0.4 is 15.5 Å². The molecule has 0 aromatic heterocycles. The molecule has 8 heteroatoms. The molecule has 0 spiro atoms. The first-order valence-electron chi connectivity index (χ1n) is 8.40. The van der Waals surface area contributed by atoms with Gasteiger partial charge in [0.05, 0.1) is 5.69 Å². The highest BCUT2D eigenvalue weighted by Crippen LogP contribution is 2.28. The average Bonchev–Trinajstić information content (AvgIpc) is 3.01. The molecule has 140 valence electrons. The summed E-state index contributed by atoms with van der Waals surface area (Å²) >= 11 is 0. The van der Waals surface area contributed by atoms with Crippen molar-refractivity contribution >= 4 is 29.2 Å². The Morgan fingerprint density at radius 2 is 1.81 bits per heavy atom. The molecule has 0 aliphatic carbocycles. The highest BCUT2D eigenvalue weighted by molar-refractivity contribution is 6.06. The van der Waals surface area contributed by atoms with E-state index >= 15 is 0 Å². The lowest BCUT2D eigenvalue weighted by Gasteiger charge is -2.20. The van der Waals surface area contributed by atoms with Gasteiger partial charge in [0.25, 0.3) is 0 Å². The Kier molecular flexibility index (Phi) is 5.07. The molecule has 0 unspecified atom stereocenters.